The van der Waals surface area contributed by atoms with Gasteiger partial charge in [0.15, 0.2) is 0 Å². The van der Waals surface area contributed by atoms with Gasteiger partial charge in [0, 0.05) is 6.54 Å². The van der Waals surface area contributed by atoms with Crippen LogP contribution in [0.15, 0.2) is 30.3 Å². The van der Waals surface area contributed by atoms with Gasteiger partial charge in [-0.25, -0.2) is 14.4 Å². The fraction of sp³-hybridized carbons (Fsp3) is 0.524. The van der Waals surface area contributed by atoms with Crippen LogP contribution in [0.4, 0.5) is 9.59 Å². The van der Waals surface area contributed by atoms with Gasteiger partial charge in [-0.2, -0.15) is 0 Å². The Morgan fingerprint density at radius 2 is 1.68 bits per heavy atom. The molecule has 0 unspecified atom stereocenters. The number of ether oxygens (including phenoxy) is 2. The van der Waals surface area contributed by atoms with E-state index in [2.05, 4.69) is 16.0 Å². The third kappa shape index (κ3) is 12.8. The molecule has 0 saturated carbocycles. The summed E-state index contributed by atoms with van der Waals surface area (Å²) in [5.41, 5.74) is 0.172. The lowest BCUT2D eigenvalue weighted by atomic mass is 10.1. The van der Waals surface area contributed by atoms with Crippen LogP contribution in [-0.2, 0) is 25.7 Å². The maximum Gasteiger partial charge on any atom is 0.408 e. The molecule has 0 saturated heterocycles. The number of rotatable bonds is 11. The number of unbranched alkanes of at least 4 members (excludes halogenated alkanes) is 1. The molecule has 0 fully saturated rings. The minimum absolute atomic E-state index is 0.164. The third-order valence-corrected chi connectivity index (χ3v) is 3.83. The molecule has 4 N–H and O–H groups in total. The Bertz CT molecular complexity index is 732. The number of nitrogens with one attached hydrogen (secondary N) is 3. The van der Waals surface area contributed by atoms with Gasteiger partial charge in [-0.15, -0.1) is 0 Å². The molecule has 3 amide bonds. The Kier molecular flexibility index (Phi) is 10.9. The number of carboxylic acids is 1. The first-order chi connectivity index (χ1) is 14.6. The average molecular weight is 437 g/mol. The Balaban J connectivity index is 2.22. The second-order valence-corrected chi connectivity index (χ2v) is 7.80. The second-order valence-electron chi connectivity index (χ2n) is 7.80. The van der Waals surface area contributed by atoms with Gasteiger partial charge >= 0.3 is 18.2 Å². The molecule has 0 radical (unpaired) electrons. The molecule has 0 spiro atoms. The van der Waals surface area contributed by atoms with Gasteiger partial charge in [0.1, 0.15) is 24.8 Å². The summed E-state index contributed by atoms with van der Waals surface area (Å²) in [4.78, 5) is 46.4. The maximum absolute atomic E-state index is 11.9. The predicted octanol–water partition coefficient (Wildman–Crippen LogP) is 2.18. The number of benzene rings is 1. The summed E-state index contributed by atoms with van der Waals surface area (Å²) < 4.78 is 10.1. The van der Waals surface area contributed by atoms with Crippen LogP contribution in [0.1, 0.15) is 45.6 Å². The first kappa shape index (κ1) is 25.7. The summed E-state index contributed by atoms with van der Waals surface area (Å²) >= 11 is 0. The number of hydrogen-bond donors (Lipinski definition) is 4. The smallest absolute Gasteiger partial charge is 0.408 e. The Labute approximate surface area is 181 Å². The lowest BCUT2D eigenvalue weighted by molar-refractivity contribution is -0.141. The molecule has 0 aliphatic rings. The molecule has 0 aromatic heterocycles. The molecule has 10 heteroatoms. The number of alkyl carbamates (subject to hydrolysis) is 2. The first-order valence-corrected chi connectivity index (χ1v) is 10.0. The van der Waals surface area contributed by atoms with Crippen molar-refractivity contribution in [1.82, 2.24) is 16.0 Å². The Hall–Kier alpha value is -3.30. The van der Waals surface area contributed by atoms with Crippen molar-refractivity contribution in [3.05, 3.63) is 35.9 Å². The molecular formula is C21H31N3O7. The maximum atomic E-state index is 11.9. The van der Waals surface area contributed by atoms with Crippen molar-refractivity contribution in [2.24, 2.45) is 0 Å². The van der Waals surface area contributed by atoms with E-state index < -0.39 is 42.3 Å². The van der Waals surface area contributed by atoms with Crippen molar-refractivity contribution in [2.45, 2.75) is 58.3 Å². The number of aliphatic carboxylic acids is 1. The fourth-order valence-corrected chi connectivity index (χ4v) is 2.41. The lowest BCUT2D eigenvalue weighted by Gasteiger charge is -2.20. The van der Waals surface area contributed by atoms with Crippen LogP contribution in [0, 0.1) is 0 Å². The highest BCUT2D eigenvalue weighted by Gasteiger charge is 2.21. The Morgan fingerprint density at radius 1 is 1.00 bits per heavy atom. The monoisotopic (exact) mass is 437 g/mol. The summed E-state index contributed by atoms with van der Waals surface area (Å²) in [5, 5.41) is 16.5. The fourth-order valence-electron chi connectivity index (χ4n) is 2.41. The molecule has 1 atom stereocenters. The number of carbonyl (C=O) groups is 4. The van der Waals surface area contributed by atoms with Crippen molar-refractivity contribution in [1.29, 1.82) is 0 Å². The predicted molar refractivity (Wildman–Crippen MR) is 112 cm³/mol. The van der Waals surface area contributed by atoms with E-state index in [-0.39, 0.29) is 13.0 Å². The molecule has 31 heavy (non-hydrogen) atoms. The van der Waals surface area contributed by atoms with Crippen molar-refractivity contribution in [2.75, 3.05) is 13.1 Å². The summed E-state index contributed by atoms with van der Waals surface area (Å²) in [6.07, 6.45) is -0.180. The van der Waals surface area contributed by atoms with Crippen LogP contribution in [0.2, 0.25) is 0 Å². The molecule has 0 aliphatic heterocycles. The molecule has 10 nitrogen and oxygen atoms in total. The van der Waals surface area contributed by atoms with Crippen LogP contribution in [-0.4, -0.2) is 53.9 Å². The molecule has 0 aliphatic carbocycles. The highest BCUT2D eigenvalue weighted by Crippen LogP contribution is 2.06. The largest absolute Gasteiger partial charge is 0.480 e. The number of carboxylic acid groups (broad SMARTS) is 1. The van der Waals surface area contributed by atoms with E-state index in [4.69, 9.17) is 9.47 Å². The van der Waals surface area contributed by atoms with E-state index in [9.17, 15) is 24.3 Å². The van der Waals surface area contributed by atoms with Gasteiger partial charge in [-0.1, -0.05) is 30.3 Å². The SMILES string of the molecule is CC(C)(C)OC(=O)NCC(=O)N[C@@H](CCCCNC(=O)OCc1ccccc1)C(=O)O. The quantitative estimate of drug-likeness (QED) is 0.389. The normalized spacial score (nSPS) is 11.7. The molecule has 0 heterocycles. The van der Waals surface area contributed by atoms with E-state index in [1.54, 1.807) is 20.8 Å². The zero-order valence-electron chi connectivity index (χ0n) is 18.1. The van der Waals surface area contributed by atoms with Crippen LogP contribution < -0.4 is 16.0 Å². The zero-order valence-corrected chi connectivity index (χ0v) is 18.1. The molecule has 1 rings (SSSR count). The van der Waals surface area contributed by atoms with Gasteiger partial charge in [-0.05, 0) is 45.6 Å². The standard InChI is InChI=1S/C21H31N3O7/c1-21(2,3)31-20(29)23-13-17(25)24-16(18(26)27)11-7-8-12-22-19(28)30-14-15-9-5-4-6-10-15/h4-6,9-10,16H,7-8,11-14H2,1-3H3,(H,22,28)(H,23,29)(H,24,25)(H,26,27)/t16-/m0/s1. The van der Waals surface area contributed by atoms with Crippen molar-refractivity contribution < 1.29 is 33.8 Å². The van der Waals surface area contributed by atoms with Gasteiger partial charge in [0.2, 0.25) is 5.91 Å². The number of hydrogen-bond acceptors (Lipinski definition) is 6. The van der Waals surface area contributed by atoms with Crippen LogP contribution in [0.3, 0.4) is 0 Å². The van der Waals surface area contributed by atoms with E-state index in [0.717, 1.165) is 5.56 Å². The summed E-state index contributed by atoms with van der Waals surface area (Å²) in [5.74, 6) is -1.82. The first-order valence-electron chi connectivity index (χ1n) is 10.0. The number of carbonyl (C=O) groups excluding carboxylic acids is 3. The van der Waals surface area contributed by atoms with Crippen LogP contribution >= 0.6 is 0 Å². The Morgan fingerprint density at radius 3 is 2.29 bits per heavy atom. The van der Waals surface area contributed by atoms with Gasteiger partial charge < -0.3 is 30.5 Å². The van der Waals surface area contributed by atoms with Crippen LogP contribution in [0.5, 0.6) is 0 Å². The van der Waals surface area contributed by atoms with Gasteiger partial charge in [-0.3, -0.25) is 4.79 Å². The van der Waals surface area contributed by atoms with Crippen molar-refractivity contribution in [3.63, 3.8) is 0 Å². The van der Waals surface area contributed by atoms with E-state index >= 15 is 0 Å². The van der Waals surface area contributed by atoms with E-state index in [0.29, 0.717) is 19.4 Å². The second kappa shape index (κ2) is 13.1. The third-order valence-electron chi connectivity index (χ3n) is 3.83. The van der Waals surface area contributed by atoms with E-state index in [1.165, 1.54) is 0 Å². The van der Waals surface area contributed by atoms with Gasteiger partial charge in [0.25, 0.3) is 0 Å². The van der Waals surface area contributed by atoms with Crippen molar-refractivity contribution in [3.8, 4) is 0 Å². The number of amides is 3. The molecule has 0 bridgehead atoms. The van der Waals surface area contributed by atoms with Crippen molar-refractivity contribution >= 4 is 24.1 Å². The zero-order chi connectivity index (χ0) is 23.3. The molecular weight excluding hydrogens is 406 g/mol. The topological polar surface area (TPSA) is 143 Å². The summed E-state index contributed by atoms with van der Waals surface area (Å²) in [6, 6.07) is 8.16. The minimum atomic E-state index is -1.18. The van der Waals surface area contributed by atoms with Crippen LogP contribution in [0.25, 0.3) is 0 Å². The minimum Gasteiger partial charge on any atom is -0.480 e. The van der Waals surface area contributed by atoms with E-state index in [1.807, 2.05) is 30.3 Å². The highest BCUT2D eigenvalue weighted by atomic mass is 16.6. The lowest BCUT2D eigenvalue weighted by Crippen LogP contribution is -2.46. The summed E-state index contributed by atoms with van der Waals surface area (Å²) in [6.45, 7) is 5.14. The molecule has 1 aromatic carbocycles. The van der Waals surface area contributed by atoms with Gasteiger partial charge in [0.05, 0.1) is 0 Å². The summed E-state index contributed by atoms with van der Waals surface area (Å²) in [7, 11) is 0. The molecule has 172 valence electrons. The highest BCUT2D eigenvalue weighted by molar-refractivity contribution is 5.86. The average Bonchev–Trinajstić information content (AvgIpc) is 2.69. The molecule has 1 aromatic rings.